The van der Waals surface area contributed by atoms with Crippen LogP contribution in [0.5, 0.6) is 0 Å². The Balaban J connectivity index is 2.11. The van der Waals surface area contributed by atoms with Crippen LogP contribution < -0.4 is 0 Å². The molecule has 3 rings (SSSR count). The molecule has 0 atom stereocenters. The maximum atomic E-state index is 14.4. The molecule has 106 valence electrons. The molecule has 1 aliphatic heterocycles. The van der Waals surface area contributed by atoms with Gasteiger partial charge in [-0.05, 0) is 31.9 Å². The zero-order valence-electron chi connectivity index (χ0n) is 12.1. The first-order valence-corrected chi connectivity index (χ1v) is 7.02. The van der Waals surface area contributed by atoms with Crippen LogP contribution in [0.2, 0.25) is 0 Å². The van der Waals surface area contributed by atoms with Gasteiger partial charge in [0.25, 0.3) is 0 Å². The summed E-state index contributed by atoms with van der Waals surface area (Å²) in [6.45, 7) is 7.37. The molecule has 0 fully saturated rings. The fraction of sp³-hybridized carbons (Fsp3) is 0.438. The lowest BCUT2D eigenvalue weighted by Crippen LogP contribution is -2.33. The van der Waals surface area contributed by atoms with Gasteiger partial charge in [-0.15, -0.1) is 0 Å². The fourth-order valence-electron chi connectivity index (χ4n) is 2.71. The highest BCUT2D eigenvalue weighted by Crippen LogP contribution is 2.32. The Hall–Kier alpha value is -1.68. The minimum atomic E-state index is -0.421. The number of nitrogens with zero attached hydrogens (tertiary/aromatic N) is 2. The second kappa shape index (κ2) is 4.70. The van der Waals surface area contributed by atoms with Crippen LogP contribution in [-0.2, 0) is 23.3 Å². The molecule has 20 heavy (non-hydrogen) atoms. The highest BCUT2D eigenvalue weighted by atomic mass is 19.1. The first kappa shape index (κ1) is 13.3. The van der Waals surface area contributed by atoms with E-state index in [0.29, 0.717) is 24.3 Å². The van der Waals surface area contributed by atoms with Crippen molar-refractivity contribution in [1.82, 2.24) is 9.55 Å². The monoisotopic (exact) mass is 274 g/mol. The van der Waals surface area contributed by atoms with Crippen molar-refractivity contribution in [2.75, 3.05) is 6.61 Å². The lowest BCUT2D eigenvalue weighted by atomic mass is 10.1. The molecule has 1 aromatic heterocycles. The molecule has 2 heterocycles. The standard InChI is InChI=1S/C16H19FN2O/c1-4-11-6-5-7-12(14(11)17)13-10-19-8-9-20-16(2,3)15(19)18-13/h5-7,10H,4,8-9H2,1-3H3. The first-order valence-electron chi connectivity index (χ1n) is 7.02. The Bertz CT molecular complexity index is 646. The average molecular weight is 274 g/mol. The third kappa shape index (κ3) is 2.04. The van der Waals surface area contributed by atoms with E-state index in [2.05, 4.69) is 9.55 Å². The Morgan fingerprint density at radius 3 is 2.90 bits per heavy atom. The summed E-state index contributed by atoms with van der Waals surface area (Å²) in [6.07, 6.45) is 2.61. The second-order valence-electron chi connectivity index (χ2n) is 5.63. The predicted molar refractivity (Wildman–Crippen MR) is 76.0 cm³/mol. The minimum absolute atomic E-state index is 0.163. The van der Waals surface area contributed by atoms with Crippen LogP contribution in [0.1, 0.15) is 32.2 Å². The van der Waals surface area contributed by atoms with Gasteiger partial charge in [0.2, 0.25) is 0 Å². The molecule has 0 saturated heterocycles. The van der Waals surface area contributed by atoms with Gasteiger partial charge in [0.15, 0.2) is 0 Å². The van der Waals surface area contributed by atoms with Gasteiger partial charge in [-0.2, -0.15) is 0 Å². The Morgan fingerprint density at radius 1 is 1.40 bits per heavy atom. The maximum absolute atomic E-state index is 14.4. The van der Waals surface area contributed by atoms with Gasteiger partial charge in [-0.1, -0.05) is 19.1 Å². The largest absolute Gasteiger partial charge is 0.366 e. The zero-order chi connectivity index (χ0) is 14.3. The van der Waals surface area contributed by atoms with E-state index in [0.717, 1.165) is 17.9 Å². The van der Waals surface area contributed by atoms with Crippen molar-refractivity contribution in [1.29, 1.82) is 0 Å². The quantitative estimate of drug-likeness (QED) is 0.838. The molecule has 0 N–H and O–H groups in total. The highest BCUT2D eigenvalue weighted by molar-refractivity contribution is 5.61. The topological polar surface area (TPSA) is 27.1 Å². The second-order valence-corrected chi connectivity index (χ2v) is 5.63. The summed E-state index contributed by atoms with van der Waals surface area (Å²) < 4.78 is 22.2. The van der Waals surface area contributed by atoms with Gasteiger partial charge in [0, 0.05) is 18.3 Å². The van der Waals surface area contributed by atoms with Gasteiger partial charge in [0.05, 0.1) is 12.3 Å². The molecule has 0 aliphatic carbocycles. The number of benzene rings is 1. The van der Waals surface area contributed by atoms with Crippen LogP contribution in [0.3, 0.4) is 0 Å². The number of imidazole rings is 1. The molecule has 0 radical (unpaired) electrons. The van der Waals surface area contributed by atoms with Gasteiger partial charge in [-0.25, -0.2) is 9.37 Å². The van der Waals surface area contributed by atoms with Gasteiger partial charge in [-0.3, -0.25) is 0 Å². The lowest BCUT2D eigenvalue weighted by molar-refractivity contribution is -0.0538. The zero-order valence-corrected chi connectivity index (χ0v) is 12.1. The molecule has 0 amide bonds. The molecule has 1 aromatic carbocycles. The normalized spacial score (nSPS) is 17.0. The number of hydrogen-bond donors (Lipinski definition) is 0. The van der Waals surface area contributed by atoms with E-state index in [1.807, 2.05) is 39.1 Å². The summed E-state index contributed by atoms with van der Waals surface area (Å²) in [7, 11) is 0. The highest BCUT2D eigenvalue weighted by Gasteiger charge is 2.31. The lowest BCUT2D eigenvalue weighted by Gasteiger charge is -2.30. The van der Waals surface area contributed by atoms with Crippen molar-refractivity contribution < 1.29 is 9.13 Å². The van der Waals surface area contributed by atoms with E-state index in [1.54, 1.807) is 6.07 Å². The van der Waals surface area contributed by atoms with E-state index in [1.165, 1.54) is 0 Å². The molecule has 0 unspecified atom stereocenters. The van der Waals surface area contributed by atoms with Crippen LogP contribution in [-0.4, -0.2) is 16.2 Å². The van der Waals surface area contributed by atoms with E-state index in [4.69, 9.17) is 4.74 Å². The molecular weight excluding hydrogens is 255 g/mol. The molecule has 1 aliphatic rings. The summed E-state index contributed by atoms with van der Waals surface area (Å²) in [4.78, 5) is 4.61. The number of aromatic nitrogens is 2. The number of ether oxygens (including phenoxy) is 1. The van der Waals surface area contributed by atoms with Crippen molar-refractivity contribution in [3.05, 3.63) is 41.6 Å². The molecule has 3 nitrogen and oxygen atoms in total. The SMILES string of the molecule is CCc1cccc(-c2cn3c(n2)C(C)(C)OCC3)c1F. The first-order chi connectivity index (χ1) is 9.53. The number of aryl methyl sites for hydroxylation is 1. The minimum Gasteiger partial charge on any atom is -0.366 e. The molecule has 0 saturated carbocycles. The Labute approximate surface area is 118 Å². The van der Waals surface area contributed by atoms with E-state index in [9.17, 15) is 4.39 Å². The number of hydrogen-bond acceptors (Lipinski definition) is 2. The molecule has 2 aromatic rings. The van der Waals surface area contributed by atoms with Crippen LogP contribution in [0.4, 0.5) is 4.39 Å². The third-order valence-electron chi connectivity index (χ3n) is 3.85. The number of fused-ring (bicyclic) bond motifs is 1. The smallest absolute Gasteiger partial charge is 0.141 e. The van der Waals surface area contributed by atoms with Crippen molar-refractivity contribution in [2.24, 2.45) is 0 Å². The molecule has 4 heteroatoms. The molecular formula is C16H19FN2O. The molecule has 0 spiro atoms. The van der Waals surface area contributed by atoms with Crippen molar-refractivity contribution >= 4 is 0 Å². The fourth-order valence-corrected chi connectivity index (χ4v) is 2.71. The predicted octanol–water partition coefficient (Wildman–Crippen LogP) is 3.52. The average Bonchev–Trinajstić information content (AvgIpc) is 2.84. The maximum Gasteiger partial charge on any atom is 0.141 e. The summed E-state index contributed by atoms with van der Waals surface area (Å²) >= 11 is 0. The Kier molecular flexibility index (Phi) is 3.13. The van der Waals surface area contributed by atoms with Crippen molar-refractivity contribution in [3.63, 3.8) is 0 Å². The van der Waals surface area contributed by atoms with Crippen molar-refractivity contribution in [3.8, 4) is 11.3 Å². The number of halogens is 1. The third-order valence-corrected chi connectivity index (χ3v) is 3.85. The summed E-state index contributed by atoms with van der Waals surface area (Å²) in [6, 6.07) is 5.50. The Morgan fingerprint density at radius 2 is 2.20 bits per heavy atom. The van der Waals surface area contributed by atoms with E-state index in [-0.39, 0.29) is 5.82 Å². The van der Waals surface area contributed by atoms with Gasteiger partial charge >= 0.3 is 0 Å². The van der Waals surface area contributed by atoms with Crippen LogP contribution in [0.25, 0.3) is 11.3 Å². The van der Waals surface area contributed by atoms with E-state index >= 15 is 0 Å². The van der Waals surface area contributed by atoms with Gasteiger partial charge in [0.1, 0.15) is 17.2 Å². The van der Waals surface area contributed by atoms with Gasteiger partial charge < -0.3 is 9.30 Å². The van der Waals surface area contributed by atoms with Crippen LogP contribution >= 0.6 is 0 Å². The molecule has 0 bridgehead atoms. The van der Waals surface area contributed by atoms with Crippen LogP contribution in [0, 0.1) is 5.82 Å². The summed E-state index contributed by atoms with van der Waals surface area (Å²) in [5.41, 5.74) is 1.56. The summed E-state index contributed by atoms with van der Waals surface area (Å²) in [5, 5.41) is 0. The van der Waals surface area contributed by atoms with Crippen LogP contribution in [0.15, 0.2) is 24.4 Å². The van der Waals surface area contributed by atoms with E-state index < -0.39 is 5.60 Å². The summed E-state index contributed by atoms with van der Waals surface area (Å²) in [5.74, 6) is 0.698. The number of rotatable bonds is 2. The van der Waals surface area contributed by atoms with Crippen molar-refractivity contribution in [2.45, 2.75) is 39.3 Å².